The highest BCUT2D eigenvalue weighted by molar-refractivity contribution is 5.33. The number of ether oxygens (including phenoxy) is 2. The van der Waals surface area contributed by atoms with Gasteiger partial charge in [-0.2, -0.15) is 0 Å². The largest absolute Gasteiger partial charge is 0.497 e. The first-order valence-corrected chi connectivity index (χ1v) is 7.56. The van der Waals surface area contributed by atoms with Crippen LogP contribution in [0.15, 0.2) is 24.3 Å². The third-order valence-electron chi connectivity index (χ3n) is 4.82. The molecule has 0 spiro atoms. The minimum absolute atomic E-state index is 0.0344. The average Bonchev–Trinajstić information content (AvgIpc) is 2.48. The zero-order chi connectivity index (χ0) is 14.6. The van der Waals surface area contributed by atoms with E-state index in [1.165, 1.54) is 5.56 Å². The zero-order valence-corrected chi connectivity index (χ0v) is 12.9. The highest BCUT2D eigenvalue weighted by Crippen LogP contribution is 2.45. The molecule has 3 heteroatoms. The van der Waals surface area contributed by atoms with Gasteiger partial charge in [-0.1, -0.05) is 19.1 Å². The van der Waals surface area contributed by atoms with Crippen molar-refractivity contribution >= 4 is 0 Å². The lowest BCUT2D eigenvalue weighted by atomic mass is 9.66. The molecule has 1 heterocycles. The molecule has 0 bridgehead atoms. The van der Waals surface area contributed by atoms with Crippen LogP contribution in [0.4, 0.5) is 0 Å². The zero-order valence-electron chi connectivity index (χ0n) is 12.9. The predicted octanol–water partition coefficient (Wildman–Crippen LogP) is 3.26. The summed E-state index contributed by atoms with van der Waals surface area (Å²) in [5, 5.41) is 0. The number of nitrogens with two attached hydrogens (primary N) is 1. The van der Waals surface area contributed by atoms with Crippen molar-refractivity contribution < 1.29 is 9.47 Å². The molecule has 2 rings (SSSR count). The summed E-state index contributed by atoms with van der Waals surface area (Å²) in [7, 11) is 1.70. The van der Waals surface area contributed by atoms with Gasteiger partial charge in [-0.15, -0.1) is 0 Å². The third kappa shape index (κ3) is 2.99. The third-order valence-corrected chi connectivity index (χ3v) is 4.82. The first-order chi connectivity index (χ1) is 9.57. The van der Waals surface area contributed by atoms with Crippen LogP contribution in [0.1, 0.15) is 45.1 Å². The summed E-state index contributed by atoms with van der Waals surface area (Å²) in [6.07, 6.45) is 4.14. The summed E-state index contributed by atoms with van der Waals surface area (Å²) in [4.78, 5) is 0. The molecule has 3 nitrogen and oxygen atoms in total. The van der Waals surface area contributed by atoms with E-state index in [9.17, 15) is 0 Å². The van der Waals surface area contributed by atoms with Crippen LogP contribution in [0.2, 0.25) is 0 Å². The Morgan fingerprint density at radius 1 is 1.30 bits per heavy atom. The van der Waals surface area contributed by atoms with Crippen molar-refractivity contribution in [3.8, 4) is 5.75 Å². The Morgan fingerprint density at radius 3 is 2.55 bits per heavy atom. The summed E-state index contributed by atoms with van der Waals surface area (Å²) in [5.41, 5.74) is 7.38. The van der Waals surface area contributed by atoms with Crippen LogP contribution in [0.25, 0.3) is 0 Å². The molecular weight excluding hydrogens is 250 g/mol. The lowest BCUT2D eigenvalue weighted by Gasteiger charge is -2.46. The molecule has 0 amide bonds. The Hall–Kier alpha value is -1.06. The van der Waals surface area contributed by atoms with Crippen LogP contribution < -0.4 is 10.5 Å². The second-order valence-electron chi connectivity index (χ2n) is 6.13. The molecule has 2 atom stereocenters. The second-order valence-corrected chi connectivity index (χ2v) is 6.13. The normalized spacial score (nSPS) is 30.2. The van der Waals surface area contributed by atoms with E-state index in [-0.39, 0.29) is 11.0 Å². The number of hydrogen-bond donors (Lipinski definition) is 1. The smallest absolute Gasteiger partial charge is 0.118 e. The van der Waals surface area contributed by atoms with Crippen molar-refractivity contribution in [2.45, 2.75) is 50.5 Å². The number of methoxy groups -OCH3 is 1. The van der Waals surface area contributed by atoms with Gasteiger partial charge in [-0.25, -0.2) is 0 Å². The van der Waals surface area contributed by atoms with Gasteiger partial charge in [0.2, 0.25) is 0 Å². The van der Waals surface area contributed by atoms with Crippen molar-refractivity contribution in [3.05, 3.63) is 29.8 Å². The molecule has 0 unspecified atom stereocenters. The molecule has 1 aliphatic heterocycles. The van der Waals surface area contributed by atoms with Crippen molar-refractivity contribution in [1.82, 2.24) is 0 Å². The summed E-state index contributed by atoms with van der Waals surface area (Å²) in [5.74, 6) is 0.905. The van der Waals surface area contributed by atoms with Crippen molar-refractivity contribution in [1.29, 1.82) is 0 Å². The SMILES string of the molecule is CC[C@]1(C)C[C@@](CCN)(c2ccc(OC)cc2)CCO1. The highest BCUT2D eigenvalue weighted by atomic mass is 16.5. The molecule has 1 fully saturated rings. The molecule has 0 radical (unpaired) electrons. The van der Waals surface area contributed by atoms with E-state index >= 15 is 0 Å². The minimum Gasteiger partial charge on any atom is -0.497 e. The van der Waals surface area contributed by atoms with Crippen LogP contribution in [-0.4, -0.2) is 25.9 Å². The van der Waals surface area contributed by atoms with Crippen LogP contribution in [0.3, 0.4) is 0 Å². The summed E-state index contributed by atoms with van der Waals surface area (Å²) >= 11 is 0. The molecule has 20 heavy (non-hydrogen) atoms. The maximum atomic E-state index is 6.02. The number of hydrogen-bond acceptors (Lipinski definition) is 3. The molecule has 0 aromatic heterocycles. The average molecular weight is 277 g/mol. The first kappa shape index (κ1) is 15.3. The molecule has 0 saturated carbocycles. The van der Waals surface area contributed by atoms with Gasteiger partial charge in [0.25, 0.3) is 0 Å². The van der Waals surface area contributed by atoms with Gasteiger partial charge >= 0.3 is 0 Å². The van der Waals surface area contributed by atoms with Gasteiger partial charge in [-0.05, 0) is 56.8 Å². The quantitative estimate of drug-likeness (QED) is 0.898. The maximum Gasteiger partial charge on any atom is 0.118 e. The Labute approximate surface area is 122 Å². The van der Waals surface area contributed by atoms with Crippen LogP contribution in [-0.2, 0) is 10.2 Å². The molecule has 2 N–H and O–H groups in total. The van der Waals surface area contributed by atoms with E-state index in [0.717, 1.165) is 38.0 Å². The fourth-order valence-electron chi connectivity index (χ4n) is 3.40. The van der Waals surface area contributed by atoms with Gasteiger partial charge in [0.1, 0.15) is 5.75 Å². The fourth-order valence-corrected chi connectivity index (χ4v) is 3.40. The second kappa shape index (κ2) is 6.15. The predicted molar refractivity (Wildman–Crippen MR) is 82.2 cm³/mol. The van der Waals surface area contributed by atoms with E-state index in [1.807, 2.05) is 12.1 Å². The van der Waals surface area contributed by atoms with Crippen molar-refractivity contribution in [2.24, 2.45) is 5.73 Å². The number of rotatable bonds is 5. The summed E-state index contributed by atoms with van der Waals surface area (Å²) < 4.78 is 11.3. The van der Waals surface area contributed by atoms with Gasteiger partial charge < -0.3 is 15.2 Å². The Bertz CT molecular complexity index is 427. The standard InChI is InChI=1S/C17H27NO2/c1-4-16(2)13-17(9-11-18,10-12-20-16)14-5-7-15(19-3)8-6-14/h5-8H,4,9-13,18H2,1-3H3/t16-,17+/m1/s1. The molecule has 1 saturated heterocycles. The molecule has 0 aliphatic carbocycles. The Balaban J connectivity index is 2.32. The summed E-state index contributed by atoms with van der Waals surface area (Å²) in [6.45, 7) is 5.95. The van der Waals surface area contributed by atoms with E-state index in [4.69, 9.17) is 15.2 Å². The topological polar surface area (TPSA) is 44.5 Å². The minimum atomic E-state index is -0.0344. The van der Waals surface area contributed by atoms with Crippen LogP contribution >= 0.6 is 0 Å². The highest BCUT2D eigenvalue weighted by Gasteiger charge is 2.42. The first-order valence-electron chi connectivity index (χ1n) is 7.56. The maximum absolute atomic E-state index is 6.02. The molecule has 1 aliphatic rings. The monoisotopic (exact) mass is 277 g/mol. The molecule has 112 valence electrons. The fraction of sp³-hybridized carbons (Fsp3) is 0.647. The van der Waals surface area contributed by atoms with Crippen molar-refractivity contribution in [3.63, 3.8) is 0 Å². The van der Waals surface area contributed by atoms with E-state index < -0.39 is 0 Å². The van der Waals surface area contributed by atoms with Gasteiger partial charge in [-0.3, -0.25) is 0 Å². The molecular formula is C17H27NO2. The Morgan fingerprint density at radius 2 is 2.00 bits per heavy atom. The van der Waals surface area contributed by atoms with E-state index in [2.05, 4.69) is 26.0 Å². The van der Waals surface area contributed by atoms with Crippen LogP contribution in [0.5, 0.6) is 5.75 Å². The Kier molecular flexibility index (Phi) is 4.71. The van der Waals surface area contributed by atoms with E-state index in [1.54, 1.807) is 7.11 Å². The lowest BCUT2D eigenvalue weighted by Crippen LogP contribution is -2.46. The van der Waals surface area contributed by atoms with Gasteiger partial charge in [0, 0.05) is 12.0 Å². The van der Waals surface area contributed by atoms with Gasteiger partial charge in [0.05, 0.1) is 12.7 Å². The van der Waals surface area contributed by atoms with Crippen LogP contribution in [0, 0.1) is 0 Å². The lowest BCUT2D eigenvalue weighted by molar-refractivity contribution is -0.0976. The number of benzene rings is 1. The van der Waals surface area contributed by atoms with E-state index in [0.29, 0.717) is 6.54 Å². The van der Waals surface area contributed by atoms with Gasteiger partial charge in [0.15, 0.2) is 0 Å². The van der Waals surface area contributed by atoms with Crippen molar-refractivity contribution in [2.75, 3.05) is 20.3 Å². The summed E-state index contributed by atoms with van der Waals surface area (Å²) in [6, 6.07) is 8.48. The molecule has 1 aromatic carbocycles. The molecule has 1 aromatic rings.